The molecule has 0 aromatic heterocycles. The van der Waals surface area contributed by atoms with Crippen molar-refractivity contribution < 1.29 is 4.79 Å². The number of anilines is 1. The van der Waals surface area contributed by atoms with Crippen LogP contribution in [-0.2, 0) is 4.79 Å². The van der Waals surface area contributed by atoms with E-state index in [2.05, 4.69) is 6.08 Å². The van der Waals surface area contributed by atoms with Gasteiger partial charge in [0, 0.05) is 24.9 Å². The van der Waals surface area contributed by atoms with E-state index in [0.717, 1.165) is 18.5 Å². The van der Waals surface area contributed by atoms with Gasteiger partial charge in [0.05, 0.1) is 0 Å². The third-order valence-electron chi connectivity index (χ3n) is 2.70. The van der Waals surface area contributed by atoms with Gasteiger partial charge in [0.2, 0.25) is 5.91 Å². The molecule has 0 radical (unpaired) electrons. The Balaban J connectivity index is 2.00. The lowest BCUT2D eigenvalue weighted by Crippen LogP contribution is -2.32. The van der Waals surface area contributed by atoms with Gasteiger partial charge in [0.15, 0.2) is 0 Å². The van der Waals surface area contributed by atoms with Crippen molar-refractivity contribution in [2.24, 2.45) is 0 Å². The maximum atomic E-state index is 11.8. The molecule has 0 bridgehead atoms. The van der Waals surface area contributed by atoms with Gasteiger partial charge in [-0.1, -0.05) is 24.3 Å². The van der Waals surface area contributed by atoms with Crippen molar-refractivity contribution in [1.82, 2.24) is 4.90 Å². The molecule has 2 N–H and O–H groups in total. The molecule has 1 heterocycles. The van der Waals surface area contributed by atoms with Gasteiger partial charge in [-0.05, 0) is 30.2 Å². The Morgan fingerprint density at radius 3 is 2.94 bits per heavy atom. The molecule has 0 unspecified atom stereocenters. The highest BCUT2D eigenvalue weighted by Gasteiger charge is 2.09. The molecule has 1 aromatic carbocycles. The molecule has 0 aliphatic carbocycles. The van der Waals surface area contributed by atoms with Gasteiger partial charge in [-0.3, -0.25) is 4.79 Å². The van der Waals surface area contributed by atoms with E-state index in [1.807, 2.05) is 35.2 Å². The lowest BCUT2D eigenvalue weighted by molar-refractivity contribution is -0.125. The second kappa shape index (κ2) is 5.34. The monoisotopic (exact) mass is 228 g/mol. The summed E-state index contributed by atoms with van der Waals surface area (Å²) >= 11 is 0. The number of nitrogens with zero attached hydrogens (tertiary/aromatic N) is 1. The predicted octanol–water partition coefficient (Wildman–Crippen LogP) is 2.07. The van der Waals surface area contributed by atoms with Crippen LogP contribution >= 0.6 is 0 Å². The number of amides is 1. The van der Waals surface area contributed by atoms with Crippen molar-refractivity contribution in [3.8, 4) is 0 Å². The average molecular weight is 228 g/mol. The number of nitrogen functional groups attached to an aromatic ring is 1. The van der Waals surface area contributed by atoms with Crippen LogP contribution in [0.15, 0.2) is 42.5 Å². The first-order valence-electron chi connectivity index (χ1n) is 5.73. The molecule has 2 rings (SSSR count). The van der Waals surface area contributed by atoms with Gasteiger partial charge < -0.3 is 10.6 Å². The highest BCUT2D eigenvalue weighted by atomic mass is 16.2. The van der Waals surface area contributed by atoms with Crippen molar-refractivity contribution in [2.45, 2.75) is 6.42 Å². The van der Waals surface area contributed by atoms with Crippen LogP contribution in [0.5, 0.6) is 0 Å². The van der Waals surface area contributed by atoms with Crippen LogP contribution in [0, 0.1) is 0 Å². The van der Waals surface area contributed by atoms with Gasteiger partial charge >= 0.3 is 0 Å². The SMILES string of the molecule is Nc1cccc(/C=C/C(=O)N2CC=CCC2)c1. The molecule has 3 nitrogen and oxygen atoms in total. The van der Waals surface area contributed by atoms with Gasteiger partial charge in [-0.25, -0.2) is 0 Å². The molecule has 0 saturated carbocycles. The Kier molecular flexibility index (Phi) is 3.60. The third kappa shape index (κ3) is 3.21. The van der Waals surface area contributed by atoms with Crippen molar-refractivity contribution >= 4 is 17.7 Å². The predicted molar refractivity (Wildman–Crippen MR) is 70.2 cm³/mol. The molecule has 0 fully saturated rings. The Hall–Kier alpha value is -2.03. The molecule has 0 spiro atoms. The smallest absolute Gasteiger partial charge is 0.246 e. The van der Waals surface area contributed by atoms with E-state index >= 15 is 0 Å². The van der Waals surface area contributed by atoms with Gasteiger partial charge in [0.1, 0.15) is 0 Å². The zero-order valence-electron chi connectivity index (χ0n) is 9.67. The van der Waals surface area contributed by atoms with E-state index in [4.69, 9.17) is 5.73 Å². The van der Waals surface area contributed by atoms with Crippen molar-refractivity contribution in [3.05, 3.63) is 48.1 Å². The highest BCUT2D eigenvalue weighted by Crippen LogP contribution is 2.09. The molecule has 17 heavy (non-hydrogen) atoms. The zero-order valence-corrected chi connectivity index (χ0v) is 9.67. The maximum Gasteiger partial charge on any atom is 0.246 e. The lowest BCUT2D eigenvalue weighted by atomic mass is 10.2. The highest BCUT2D eigenvalue weighted by molar-refractivity contribution is 5.92. The summed E-state index contributed by atoms with van der Waals surface area (Å²) in [6, 6.07) is 7.48. The summed E-state index contributed by atoms with van der Waals surface area (Å²) in [5.41, 5.74) is 7.33. The van der Waals surface area contributed by atoms with Crippen LogP contribution in [0.2, 0.25) is 0 Å². The van der Waals surface area contributed by atoms with Crippen LogP contribution in [0.1, 0.15) is 12.0 Å². The van der Waals surface area contributed by atoms with Gasteiger partial charge in [0.25, 0.3) is 0 Å². The number of carbonyl (C=O) groups is 1. The second-order valence-corrected chi connectivity index (χ2v) is 4.05. The molecular weight excluding hydrogens is 212 g/mol. The quantitative estimate of drug-likeness (QED) is 0.478. The standard InChI is InChI=1S/C14H16N2O/c15-13-6-4-5-12(11-13)7-8-14(17)16-9-2-1-3-10-16/h1-2,4-8,11H,3,9-10,15H2/b8-7+. The van der Waals surface area contributed by atoms with Crippen molar-refractivity contribution in [3.63, 3.8) is 0 Å². The molecule has 1 aromatic rings. The summed E-state index contributed by atoms with van der Waals surface area (Å²) < 4.78 is 0. The number of hydrogen-bond acceptors (Lipinski definition) is 2. The molecular formula is C14H16N2O. The fourth-order valence-corrected chi connectivity index (χ4v) is 1.78. The van der Waals surface area contributed by atoms with E-state index in [0.29, 0.717) is 12.2 Å². The zero-order chi connectivity index (χ0) is 12.1. The number of hydrogen-bond donors (Lipinski definition) is 1. The first-order valence-corrected chi connectivity index (χ1v) is 5.73. The summed E-state index contributed by atoms with van der Waals surface area (Å²) in [7, 11) is 0. The van der Waals surface area contributed by atoms with Crippen LogP contribution in [0.4, 0.5) is 5.69 Å². The molecule has 0 saturated heterocycles. The van der Waals surface area contributed by atoms with Crippen LogP contribution in [0.3, 0.4) is 0 Å². The first kappa shape index (κ1) is 11.5. The van der Waals surface area contributed by atoms with E-state index < -0.39 is 0 Å². The number of benzene rings is 1. The lowest BCUT2D eigenvalue weighted by Gasteiger charge is -2.21. The van der Waals surface area contributed by atoms with E-state index in [1.165, 1.54) is 0 Å². The summed E-state index contributed by atoms with van der Waals surface area (Å²) in [5, 5.41) is 0. The summed E-state index contributed by atoms with van der Waals surface area (Å²) in [5.74, 6) is 0.0526. The van der Waals surface area contributed by atoms with Crippen LogP contribution in [-0.4, -0.2) is 23.9 Å². The van der Waals surface area contributed by atoms with E-state index in [1.54, 1.807) is 12.2 Å². The van der Waals surface area contributed by atoms with Gasteiger partial charge in [-0.15, -0.1) is 0 Å². The molecule has 0 atom stereocenters. The fraction of sp³-hybridized carbons (Fsp3) is 0.214. The average Bonchev–Trinajstić information content (AvgIpc) is 2.37. The number of carbonyl (C=O) groups excluding carboxylic acids is 1. The van der Waals surface area contributed by atoms with Crippen LogP contribution < -0.4 is 5.73 Å². The number of rotatable bonds is 2. The number of nitrogens with two attached hydrogens (primary N) is 1. The molecule has 88 valence electrons. The Labute approximate surface area is 101 Å². The van der Waals surface area contributed by atoms with Crippen molar-refractivity contribution in [2.75, 3.05) is 18.8 Å². The molecule has 3 heteroatoms. The Bertz CT molecular complexity index is 463. The Morgan fingerprint density at radius 2 is 2.24 bits per heavy atom. The molecule has 1 aliphatic heterocycles. The fourth-order valence-electron chi connectivity index (χ4n) is 1.78. The Morgan fingerprint density at radius 1 is 1.35 bits per heavy atom. The first-order chi connectivity index (χ1) is 8.25. The maximum absolute atomic E-state index is 11.8. The minimum absolute atomic E-state index is 0.0526. The minimum atomic E-state index is 0.0526. The molecule has 1 amide bonds. The molecule has 1 aliphatic rings. The van der Waals surface area contributed by atoms with Crippen molar-refractivity contribution in [1.29, 1.82) is 0 Å². The summed E-state index contributed by atoms with van der Waals surface area (Å²) in [6.07, 6.45) is 8.48. The van der Waals surface area contributed by atoms with Crippen LogP contribution in [0.25, 0.3) is 6.08 Å². The second-order valence-electron chi connectivity index (χ2n) is 4.05. The third-order valence-corrected chi connectivity index (χ3v) is 2.70. The van der Waals surface area contributed by atoms with E-state index in [-0.39, 0.29) is 5.91 Å². The minimum Gasteiger partial charge on any atom is -0.399 e. The van der Waals surface area contributed by atoms with Gasteiger partial charge in [-0.2, -0.15) is 0 Å². The largest absolute Gasteiger partial charge is 0.399 e. The summed E-state index contributed by atoms with van der Waals surface area (Å²) in [4.78, 5) is 13.7. The topological polar surface area (TPSA) is 46.3 Å². The van der Waals surface area contributed by atoms with E-state index in [9.17, 15) is 4.79 Å². The summed E-state index contributed by atoms with van der Waals surface area (Å²) in [6.45, 7) is 1.51. The normalized spacial score (nSPS) is 15.4.